The van der Waals surface area contributed by atoms with E-state index in [9.17, 15) is 4.79 Å². The number of ketones is 1. The van der Waals surface area contributed by atoms with Gasteiger partial charge in [-0.25, -0.2) is 9.97 Å². The summed E-state index contributed by atoms with van der Waals surface area (Å²) in [5.74, 6) is 2.31. The largest absolute Gasteiger partial charge is 0.378 e. The summed E-state index contributed by atoms with van der Waals surface area (Å²) >= 11 is 0. The third kappa shape index (κ3) is 4.54. The van der Waals surface area contributed by atoms with Crippen LogP contribution in [0.2, 0.25) is 0 Å². The minimum atomic E-state index is -0.0290. The number of Topliss-reactive ketones (excluding diaryl/α,β-unsaturated/α-hetero) is 1. The second kappa shape index (κ2) is 9.01. The first kappa shape index (κ1) is 19.9. The molecule has 0 radical (unpaired) electrons. The van der Waals surface area contributed by atoms with E-state index in [1.54, 1.807) is 6.20 Å². The van der Waals surface area contributed by atoms with E-state index >= 15 is 0 Å². The first-order valence-electron chi connectivity index (χ1n) is 11.2. The van der Waals surface area contributed by atoms with E-state index in [1.807, 2.05) is 34.8 Å². The van der Waals surface area contributed by atoms with Gasteiger partial charge in [0, 0.05) is 30.9 Å². The lowest BCUT2D eigenvalue weighted by molar-refractivity contribution is 0.0990. The molecule has 2 fully saturated rings. The second-order valence-corrected chi connectivity index (χ2v) is 8.29. The first-order valence-corrected chi connectivity index (χ1v) is 11.2. The Morgan fingerprint density at radius 3 is 2.71 bits per heavy atom. The molecule has 1 N–H and O–H groups in total. The molecule has 0 bridgehead atoms. The number of pyridine rings is 2. The van der Waals surface area contributed by atoms with Crippen molar-refractivity contribution >= 4 is 23.1 Å². The molecule has 0 aromatic carbocycles. The highest BCUT2D eigenvalue weighted by molar-refractivity contribution is 5.97. The predicted octanol–water partition coefficient (Wildman–Crippen LogP) is 3.13. The van der Waals surface area contributed by atoms with Crippen molar-refractivity contribution in [2.75, 3.05) is 36.5 Å². The van der Waals surface area contributed by atoms with E-state index in [2.05, 4.69) is 25.3 Å². The van der Waals surface area contributed by atoms with Crippen LogP contribution in [-0.2, 0) is 11.2 Å². The van der Waals surface area contributed by atoms with Crippen LogP contribution in [0.25, 0.3) is 5.65 Å². The zero-order valence-corrected chi connectivity index (χ0v) is 17.7. The summed E-state index contributed by atoms with van der Waals surface area (Å²) in [6.45, 7) is 3.06. The molecule has 1 saturated heterocycles. The number of carbonyl (C=O) groups is 1. The van der Waals surface area contributed by atoms with Crippen LogP contribution in [0.4, 0.5) is 11.6 Å². The van der Waals surface area contributed by atoms with Gasteiger partial charge in [-0.05, 0) is 37.1 Å². The Morgan fingerprint density at radius 1 is 1.10 bits per heavy atom. The van der Waals surface area contributed by atoms with Crippen LogP contribution in [0.15, 0.2) is 36.5 Å². The number of morpholine rings is 1. The van der Waals surface area contributed by atoms with Crippen LogP contribution in [-0.4, -0.2) is 57.7 Å². The van der Waals surface area contributed by atoms with E-state index in [4.69, 9.17) is 4.74 Å². The molecule has 0 unspecified atom stereocenters. The van der Waals surface area contributed by atoms with Gasteiger partial charge in [-0.15, -0.1) is 5.10 Å². The molecule has 1 saturated carbocycles. The van der Waals surface area contributed by atoms with Crippen molar-refractivity contribution in [1.29, 1.82) is 0 Å². The highest BCUT2D eigenvalue weighted by Crippen LogP contribution is 2.22. The zero-order chi connectivity index (χ0) is 21.0. The van der Waals surface area contributed by atoms with Crippen LogP contribution in [0.5, 0.6) is 0 Å². The summed E-state index contributed by atoms with van der Waals surface area (Å²) < 4.78 is 7.20. The van der Waals surface area contributed by atoms with Crippen molar-refractivity contribution in [3.8, 4) is 0 Å². The van der Waals surface area contributed by atoms with Gasteiger partial charge in [0.25, 0.3) is 0 Å². The molecule has 0 amide bonds. The van der Waals surface area contributed by atoms with Crippen molar-refractivity contribution in [3.05, 3.63) is 47.9 Å². The summed E-state index contributed by atoms with van der Waals surface area (Å²) in [5, 5.41) is 8.23. The summed E-state index contributed by atoms with van der Waals surface area (Å²) in [7, 11) is 0. The summed E-state index contributed by atoms with van der Waals surface area (Å²) in [6.07, 6.45) is 8.03. The Kier molecular flexibility index (Phi) is 5.80. The summed E-state index contributed by atoms with van der Waals surface area (Å²) in [4.78, 5) is 24.0. The molecular formula is C23H28N6O2. The maximum atomic E-state index is 12.8. The number of nitrogens with one attached hydrogen (secondary N) is 1. The molecular weight excluding hydrogens is 392 g/mol. The predicted molar refractivity (Wildman–Crippen MR) is 119 cm³/mol. The second-order valence-electron chi connectivity index (χ2n) is 8.29. The molecule has 3 aromatic heterocycles. The van der Waals surface area contributed by atoms with E-state index in [-0.39, 0.29) is 12.2 Å². The Hall–Kier alpha value is -3.00. The third-order valence-corrected chi connectivity index (χ3v) is 6.08. The molecule has 0 spiro atoms. The maximum absolute atomic E-state index is 12.8. The normalized spacial score (nSPS) is 17.7. The van der Waals surface area contributed by atoms with Crippen LogP contribution in [0, 0.1) is 0 Å². The van der Waals surface area contributed by atoms with Crippen LogP contribution in [0.3, 0.4) is 0 Å². The van der Waals surface area contributed by atoms with Gasteiger partial charge in [-0.1, -0.05) is 25.3 Å². The number of aromatic nitrogens is 4. The number of nitrogens with zero attached hydrogens (tertiary/aromatic N) is 5. The number of rotatable bonds is 6. The fourth-order valence-electron chi connectivity index (χ4n) is 4.37. The number of anilines is 2. The highest BCUT2D eigenvalue weighted by atomic mass is 16.5. The molecule has 8 heteroatoms. The van der Waals surface area contributed by atoms with Gasteiger partial charge >= 0.3 is 0 Å². The van der Waals surface area contributed by atoms with Crippen molar-refractivity contribution in [2.45, 2.75) is 44.6 Å². The topological polar surface area (TPSA) is 84.7 Å². The van der Waals surface area contributed by atoms with Crippen molar-refractivity contribution < 1.29 is 9.53 Å². The zero-order valence-electron chi connectivity index (χ0n) is 17.7. The molecule has 5 rings (SSSR count). The Bertz CT molecular complexity index is 1040. The molecule has 2 aliphatic rings. The highest BCUT2D eigenvalue weighted by Gasteiger charge is 2.18. The molecule has 8 nitrogen and oxygen atoms in total. The van der Waals surface area contributed by atoms with Crippen molar-refractivity contribution in [2.24, 2.45) is 0 Å². The van der Waals surface area contributed by atoms with Gasteiger partial charge in [0.15, 0.2) is 17.3 Å². The van der Waals surface area contributed by atoms with Gasteiger partial charge in [0.1, 0.15) is 11.6 Å². The fraction of sp³-hybridized carbons (Fsp3) is 0.478. The molecule has 4 heterocycles. The molecule has 1 aliphatic carbocycles. The van der Waals surface area contributed by atoms with Gasteiger partial charge in [0.2, 0.25) is 0 Å². The maximum Gasteiger partial charge on any atom is 0.172 e. The molecule has 162 valence electrons. The minimum Gasteiger partial charge on any atom is -0.378 e. The van der Waals surface area contributed by atoms with Gasteiger partial charge < -0.3 is 15.0 Å². The summed E-state index contributed by atoms with van der Waals surface area (Å²) in [5.41, 5.74) is 1.33. The van der Waals surface area contributed by atoms with Crippen LogP contribution in [0.1, 0.15) is 48.3 Å². The summed E-state index contributed by atoms with van der Waals surface area (Å²) in [6, 6.07) is 10.1. The monoisotopic (exact) mass is 420 g/mol. The lowest BCUT2D eigenvalue weighted by Gasteiger charge is -2.27. The number of ether oxygens (including phenoxy) is 1. The van der Waals surface area contributed by atoms with Crippen LogP contribution >= 0.6 is 0 Å². The lowest BCUT2D eigenvalue weighted by atomic mass is 9.95. The average molecular weight is 421 g/mol. The van der Waals surface area contributed by atoms with E-state index < -0.39 is 0 Å². The Balaban J connectivity index is 1.28. The smallest absolute Gasteiger partial charge is 0.172 e. The average Bonchev–Trinajstić information content (AvgIpc) is 3.24. The SMILES string of the molecule is O=C(Cc1nc2cccc(NC3CCCCC3)n2n1)c1ccc(N2CCOCC2)nc1. The molecule has 3 aromatic rings. The van der Waals surface area contributed by atoms with E-state index in [0.717, 1.165) is 30.4 Å². The van der Waals surface area contributed by atoms with Crippen molar-refractivity contribution in [1.82, 2.24) is 19.6 Å². The van der Waals surface area contributed by atoms with Gasteiger partial charge in [-0.2, -0.15) is 4.52 Å². The standard InChI is InChI=1S/C23H28N6O2/c30-19(17-9-10-21(24-16-17)28-11-13-31-14-12-28)15-20-26-23-8-4-7-22(29(23)27-20)25-18-5-2-1-3-6-18/h4,7-10,16,18,25H,1-3,5-6,11-15H2. The number of hydrogen-bond acceptors (Lipinski definition) is 7. The van der Waals surface area contributed by atoms with E-state index in [0.29, 0.717) is 30.6 Å². The lowest BCUT2D eigenvalue weighted by Crippen LogP contribution is -2.36. The first-order chi connectivity index (χ1) is 15.3. The Labute approximate surface area is 181 Å². The van der Waals surface area contributed by atoms with Gasteiger partial charge in [-0.3, -0.25) is 4.79 Å². The fourth-order valence-corrected chi connectivity index (χ4v) is 4.37. The molecule has 1 aliphatic heterocycles. The third-order valence-electron chi connectivity index (χ3n) is 6.08. The minimum absolute atomic E-state index is 0.0290. The quantitative estimate of drug-likeness (QED) is 0.613. The number of carbonyl (C=O) groups excluding carboxylic acids is 1. The van der Waals surface area contributed by atoms with Crippen LogP contribution < -0.4 is 10.2 Å². The van der Waals surface area contributed by atoms with E-state index in [1.165, 1.54) is 32.1 Å². The number of hydrogen-bond donors (Lipinski definition) is 1. The molecule has 0 atom stereocenters. The Morgan fingerprint density at radius 2 is 1.94 bits per heavy atom. The van der Waals surface area contributed by atoms with Crippen molar-refractivity contribution in [3.63, 3.8) is 0 Å². The molecule has 31 heavy (non-hydrogen) atoms. The van der Waals surface area contributed by atoms with Gasteiger partial charge in [0.05, 0.1) is 19.6 Å². The number of fused-ring (bicyclic) bond motifs is 1.